The Morgan fingerprint density at radius 1 is 1.10 bits per heavy atom. The van der Waals surface area contributed by atoms with Crippen LogP contribution in [0.5, 0.6) is 0 Å². The SMILES string of the molecule is CCOC1C2C(C)C(O)CCC2(C)C2CCC3/C(=C(\CCCC(C)C)C(=O)O)C(OC(C)=O)CC3(C)C2(C)C1O. The van der Waals surface area contributed by atoms with E-state index in [-0.39, 0.29) is 29.1 Å². The summed E-state index contributed by atoms with van der Waals surface area (Å²) in [5.41, 5.74) is -0.0607. The number of rotatable bonds is 8. The predicted molar refractivity (Wildman–Crippen MR) is 153 cm³/mol. The minimum Gasteiger partial charge on any atom is -0.478 e. The molecule has 0 aromatic rings. The number of hydrogen-bond acceptors (Lipinski definition) is 6. The quantitative estimate of drug-likeness (QED) is 0.255. The lowest BCUT2D eigenvalue weighted by Gasteiger charge is -2.70. The fourth-order valence-corrected chi connectivity index (χ4v) is 10.4. The fourth-order valence-electron chi connectivity index (χ4n) is 10.4. The van der Waals surface area contributed by atoms with Crippen LogP contribution in [0.2, 0.25) is 0 Å². The molecule has 0 aliphatic heterocycles. The Kier molecular flexibility index (Phi) is 8.92. The first kappa shape index (κ1) is 31.5. The first-order valence-corrected chi connectivity index (χ1v) is 15.8. The van der Waals surface area contributed by atoms with Crippen molar-refractivity contribution in [1.29, 1.82) is 0 Å². The van der Waals surface area contributed by atoms with Crippen molar-refractivity contribution in [3.63, 3.8) is 0 Å². The van der Waals surface area contributed by atoms with Crippen LogP contribution in [0.4, 0.5) is 0 Å². The minimum absolute atomic E-state index is 0.00688. The van der Waals surface area contributed by atoms with E-state index in [1.807, 2.05) is 6.92 Å². The molecule has 3 N–H and O–H groups in total. The molecule has 0 saturated heterocycles. The van der Waals surface area contributed by atoms with E-state index in [1.165, 1.54) is 6.92 Å². The Balaban J connectivity index is 1.86. The molecule has 228 valence electrons. The zero-order chi connectivity index (χ0) is 29.8. The van der Waals surface area contributed by atoms with Gasteiger partial charge in [-0.2, -0.15) is 0 Å². The van der Waals surface area contributed by atoms with Gasteiger partial charge in [-0.3, -0.25) is 4.79 Å². The molecule has 7 nitrogen and oxygen atoms in total. The third-order valence-electron chi connectivity index (χ3n) is 12.3. The van der Waals surface area contributed by atoms with E-state index in [4.69, 9.17) is 9.47 Å². The van der Waals surface area contributed by atoms with Gasteiger partial charge >= 0.3 is 11.9 Å². The van der Waals surface area contributed by atoms with E-state index in [9.17, 15) is 24.9 Å². The summed E-state index contributed by atoms with van der Waals surface area (Å²) in [6.45, 7) is 17.0. The number of carbonyl (C=O) groups is 2. The summed E-state index contributed by atoms with van der Waals surface area (Å²) >= 11 is 0. The second kappa shape index (κ2) is 11.3. The summed E-state index contributed by atoms with van der Waals surface area (Å²) in [5, 5.41) is 33.7. The van der Waals surface area contributed by atoms with Crippen LogP contribution in [0.3, 0.4) is 0 Å². The predicted octanol–water partition coefficient (Wildman–Crippen LogP) is 5.76. The maximum absolute atomic E-state index is 12.8. The maximum Gasteiger partial charge on any atom is 0.331 e. The van der Waals surface area contributed by atoms with E-state index >= 15 is 0 Å². The summed E-state index contributed by atoms with van der Waals surface area (Å²) in [4.78, 5) is 25.1. The first-order chi connectivity index (χ1) is 18.6. The molecule has 4 fully saturated rings. The highest BCUT2D eigenvalue weighted by Crippen LogP contribution is 2.74. The van der Waals surface area contributed by atoms with Gasteiger partial charge in [0.05, 0.1) is 18.3 Å². The Bertz CT molecular complexity index is 1000. The number of aliphatic carboxylic acids is 1. The summed E-state index contributed by atoms with van der Waals surface area (Å²) in [7, 11) is 0. The van der Waals surface area contributed by atoms with Gasteiger partial charge in [0, 0.05) is 24.5 Å². The molecule has 0 radical (unpaired) electrons. The van der Waals surface area contributed by atoms with Crippen molar-refractivity contribution < 1.29 is 34.4 Å². The van der Waals surface area contributed by atoms with Gasteiger partial charge in [0.15, 0.2) is 0 Å². The van der Waals surface area contributed by atoms with Crippen LogP contribution in [-0.2, 0) is 19.1 Å². The smallest absolute Gasteiger partial charge is 0.331 e. The van der Waals surface area contributed by atoms with Gasteiger partial charge in [-0.1, -0.05) is 48.0 Å². The van der Waals surface area contributed by atoms with Gasteiger partial charge < -0.3 is 24.8 Å². The van der Waals surface area contributed by atoms with Gasteiger partial charge in [0.25, 0.3) is 0 Å². The van der Waals surface area contributed by atoms with Crippen molar-refractivity contribution in [3.8, 4) is 0 Å². The minimum atomic E-state index is -0.925. The highest BCUT2D eigenvalue weighted by molar-refractivity contribution is 5.88. The van der Waals surface area contributed by atoms with Crippen LogP contribution in [-0.4, -0.2) is 58.3 Å². The van der Waals surface area contributed by atoms with Gasteiger partial charge in [0.2, 0.25) is 0 Å². The molecule has 7 heteroatoms. The van der Waals surface area contributed by atoms with Gasteiger partial charge in [-0.25, -0.2) is 4.79 Å². The van der Waals surface area contributed by atoms with Crippen LogP contribution < -0.4 is 0 Å². The Morgan fingerprint density at radius 3 is 2.35 bits per heavy atom. The lowest BCUT2D eigenvalue weighted by Crippen LogP contribution is -2.72. The third-order valence-corrected chi connectivity index (χ3v) is 12.3. The van der Waals surface area contributed by atoms with Crippen molar-refractivity contribution in [2.75, 3.05) is 6.61 Å². The molecule has 0 aromatic heterocycles. The van der Waals surface area contributed by atoms with Crippen LogP contribution in [0, 0.1) is 45.8 Å². The van der Waals surface area contributed by atoms with Crippen molar-refractivity contribution >= 4 is 11.9 Å². The normalized spacial score (nSPS) is 45.9. The first-order valence-electron chi connectivity index (χ1n) is 15.8. The average molecular weight is 563 g/mol. The topological polar surface area (TPSA) is 113 Å². The number of ether oxygens (including phenoxy) is 2. The lowest BCUT2D eigenvalue weighted by molar-refractivity contribution is -0.292. The van der Waals surface area contributed by atoms with E-state index in [1.54, 1.807) is 0 Å². The van der Waals surface area contributed by atoms with Gasteiger partial charge in [0.1, 0.15) is 6.10 Å². The van der Waals surface area contributed by atoms with E-state index < -0.39 is 47.2 Å². The second-order valence-electron chi connectivity index (χ2n) is 14.6. The second-order valence-corrected chi connectivity index (χ2v) is 14.6. The van der Waals surface area contributed by atoms with Gasteiger partial charge in [-0.05, 0) is 97.9 Å². The molecule has 0 aromatic carbocycles. The monoisotopic (exact) mass is 562 g/mol. The van der Waals surface area contributed by atoms with Gasteiger partial charge in [-0.15, -0.1) is 0 Å². The molecule has 4 aliphatic rings. The van der Waals surface area contributed by atoms with Crippen LogP contribution >= 0.6 is 0 Å². The third kappa shape index (κ3) is 4.76. The van der Waals surface area contributed by atoms with E-state index in [0.717, 1.165) is 44.1 Å². The zero-order valence-electron chi connectivity index (χ0n) is 26.0. The number of fused-ring (bicyclic) bond motifs is 5. The summed E-state index contributed by atoms with van der Waals surface area (Å²) < 4.78 is 12.3. The van der Waals surface area contributed by atoms with Crippen molar-refractivity contribution in [2.24, 2.45) is 45.8 Å². The zero-order valence-corrected chi connectivity index (χ0v) is 26.0. The molecule has 4 rings (SSSR count). The molecule has 4 aliphatic carbocycles. The molecule has 0 spiro atoms. The van der Waals surface area contributed by atoms with E-state index in [0.29, 0.717) is 30.9 Å². The Hall–Kier alpha value is -1.44. The van der Waals surface area contributed by atoms with Crippen LogP contribution in [0.25, 0.3) is 0 Å². The Morgan fingerprint density at radius 2 is 1.77 bits per heavy atom. The van der Waals surface area contributed by atoms with Crippen LogP contribution in [0.15, 0.2) is 11.1 Å². The highest BCUT2D eigenvalue weighted by Gasteiger charge is 2.73. The lowest BCUT2D eigenvalue weighted by atomic mass is 9.35. The van der Waals surface area contributed by atoms with Crippen molar-refractivity contribution in [3.05, 3.63) is 11.1 Å². The number of carboxylic acids is 1. The molecule has 11 unspecified atom stereocenters. The van der Waals surface area contributed by atoms with Crippen LogP contribution in [0.1, 0.15) is 107 Å². The van der Waals surface area contributed by atoms with Crippen molar-refractivity contribution in [1.82, 2.24) is 0 Å². The number of hydrogen-bond donors (Lipinski definition) is 3. The number of aliphatic hydroxyl groups excluding tert-OH is 2. The summed E-state index contributed by atoms with van der Waals surface area (Å²) in [6.07, 6.45) is 3.67. The fraction of sp³-hybridized carbons (Fsp3) is 0.879. The van der Waals surface area contributed by atoms with E-state index in [2.05, 4.69) is 41.5 Å². The number of aliphatic hydroxyl groups is 2. The molecule has 4 saturated carbocycles. The largest absolute Gasteiger partial charge is 0.478 e. The number of carbonyl (C=O) groups excluding carboxylic acids is 1. The molecule has 11 atom stereocenters. The molecule has 0 bridgehead atoms. The highest BCUT2D eigenvalue weighted by atomic mass is 16.5. The number of esters is 1. The summed E-state index contributed by atoms with van der Waals surface area (Å²) in [5.74, 6) is -0.761. The standard InChI is InChI=1S/C33H54O7/c1-9-39-28-27-19(4)23(35)15-16-31(27,6)25-14-13-22-26(21(30(37)38)12-10-11-18(2)3)24(40-20(5)34)17-32(22,7)33(25,8)29(28)36/h18-19,22-25,27-29,35-36H,9-17H2,1-8H3,(H,37,38)/b26-21-. The Labute approximate surface area is 241 Å². The molecule has 40 heavy (non-hydrogen) atoms. The molecule has 0 amide bonds. The molecular formula is C33H54O7. The maximum atomic E-state index is 12.8. The summed E-state index contributed by atoms with van der Waals surface area (Å²) in [6, 6.07) is 0. The molecule has 0 heterocycles. The number of carboxylic acid groups (broad SMARTS) is 1. The molecular weight excluding hydrogens is 508 g/mol. The average Bonchev–Trinajstić information content (AvgIpc) is 3.14. The van der Waals surface area contributed by atoms with Crippen molar-refractivity contribution in [2.45, 2.75) is 131 Å².